The molecular weight excluding hydrogens is 256 g/mol. The summed E-state index contributed by atoms with van der Waals surface area (Å²) in [5.41, 5.74) is 0. The highest BCUT2D eigenvalue weighted by Gasteiger charge is 2.07. The Morgan fingerprint density at radius 3 is 2.47 bits per heavy atom. The Kier molecular flexibility index (Phi) is 3.71. The van der Waals surface area contributed by atoms with Gasteiger partial charge in [-0.15, -0.1) is 11.3 Å². The lowest BCUT2D eigenvalue weighted by molar-refractivity contribution is 0.0702. The van der Waals surface area contributed by atoms with Crippen molar-refractivity contribution in [1.82, 2.24) is 0 Å². The van der Waals surface area contributed by atoms with Crippen molar-refractivity contribution in [1.29, 1.82) is 0 Å². The van der Waals surface area contributed by atoms with Crippen LogP contribution in [0.15, 0.2) is 45.5 Å². The third-order valence-electron chi connectivity index (χ3n) is 2.07. The fourth-order valence-electron chi connectivity index (χ4n) is 1.25. The van der Waals surface area contributed by atoms with Gasteiger partial charge >= 0.3 is 5.97 Å². The largest absolute Gasteiger partial charge is 0.497 e. The summed E-state index contributed by atoms with van der Waals surface area (Å²) in [7, 11) is 1.63. The first-order chi connectivity index (χ1) is 8.19. The van der Waals surface area contributed by atoms with E-state index in [4.69, 9.17) is 9.84 Å². The van der Waals surface area contributed by atoms with E-state index in [1.54, 1.807) is 24.9 Å². The average Bonchev–Trinajstić information content (AvgIpc) is 2.79. The Balaban J connectivity index is 2.11. The summed E-state index contributed by atoms with van der Waals surface area (Å²) < 4.78 is 6.04. The Hall–Kier alpha value is -1.46. The van der Waals surface area contributed by atoms with Gasteiger partial charge in [-0.3, -0.25) is 0 Å². The highest BCUT2D eigenvalue weighted by Crippen LogP contribution is 2.34. The molecule has 1 heterocycles. The van der Waals surface area contributed by atoms with Crippen LogP contribution in [0.1, 0.15) is 9.67 Å². The maximum atomic E-state index is 10.7. The van der Waals surface area contributed by atoms with Gasteiger partial charge in [-0.2, -0.15) is 0 Å². The van der Waals surface area contributed by atoms with Crippen LogP contribution in [0.5, 0.6) is 5.75 Å². The minimum absolute atomic E-state index is 0.362. The molecule has 0 amide bonds. The number of aromatic carboxylic acids is 1. The van der Waals surface area contributed by atoms with Crippen LogP contribution in [0.2, 0.25) is 0 Å². The summed E-state index contributed by atoms with van der Waals surface area (Å²) in [6.45, 7) is 0. The number of carbonyl (C=O) groups is 1. The molecule has 0 spiro atoms. The molecule has 0 bridgehead atoms. The maximum Gasteiger partial charge on any atom is 0.345 e. The number of carboxylic acids is 1. The van der Waals surface area contributed by atoms with Gasteiger partial charge in [0, 0.05) is 4.90 Å². The summed E-state index contributed by atoms with van der Waals surface area (Å²) in [5, 5.41) is 8.82. The van der Waals surface area contributed by atoms with Crippen LogP contribution in [0.25, 0.3) is 0 Å². The van der Waals surface area contributed by atoms with E-state index >= 15 is 0 Å². The zero-order valence-corrected chi connectivity index (χ0v) is 10.7. The Morgan fingerprint density at radius 2 is 1.94 bits per heavy atom. The molecule has 5 heteroatoms. The predicted molar refractivity (Wildman–Crippen MR) is 68.4 cm³/mol. The lowest BCUT2D eigenvalue weighted by Crippen LogP contribution is -1.89. The first-order valence-corrected chi connectivity index (χ1v) is 6.47. The normalized spacial score (nSPS) is 10.2. The quantitative estimate of drug-likeness (QED) is 0.918. The lowest BCUT2D eigenvalue weighted by Gasteiger charge is -2.01. The molecule has 0 unspecified atom stereocenters. The van der Waals surface area contributed by atoms with Gasteiger partial charge in [0.25, 0.3) is 0 Å². The second-order valence-electron chi connectivity index (χ2n) is 3.20. The van der Waals surface area contributed by atoms with E-state index in [0.717, 1.165) is 14.9 Å². The molecule has 0 aliphatic rings. The number of benzene rings is 1. The standard InChI is InChI=1S/C12H10O3S2/c1-15-8-2-4-9(5-3-8)16-11-7-6-10(17-11)12(13)14/h2-7H,1H3,(H,13,14). The van der Waals surface area contributed by atoms with Crippen LogP contribution in [0, 0.1) is 0 Å². The highest BCUT2D eigenvalue weighted by atomic mass is 32.2. The number of carboxylic acid groups (broad SMARTS) is 1. The van der Waals surface area contributed by atoms with Crippen LogP contribution in [-0.2, 0) is 0 Å². The second kappa shape index (κ2) is 5.25. The SMILES string of the molecule is COc1ccc(Sc2ccc(C(=O)O)s2)cc1. The Bertz CT molecular complexity index is 517. The minimum atomic E-state index is -0.878. The minimum Gasteiger partial charge on any atom is -0.497 e. The third-order valence-corrected chi connectivity index (χ3v) is 4.28. The average molecular weight is 266 g/mol. The molecule has 0 aliphatic carbocycles. The topological polar surface area (TPSA) is 46.5 Å². The molecule has 0 fully saturated rings. The van der Waals surface area contributed by atoms with Crippen LogP contribution in [0.3, 0.4) is 0 Å². The monoisotopic (exact) mass is 266 g/mol. The molecule has 1 aromatic carbocycles. The predicted octanol–water partition coefficient (Wildman–Crippen LogP) is 3.61. The van der Waals surface area contributed by atoms with Crippen molar-refractivity contribution in [2.75, 3.05) is 7.11 Å². The molecule has 3 nitrogen and oxygen atoms in total. The van der Waals surface area contributed by atoms with Crippen LogP contribution in [-0.4, -0.2) is 18.2 Å². The summed E-state index contributed by atoms with van der Waals surface area (Å²) in [6.07, 6.45) is 0. The molecule has 0 radical (unpaired) electrons. The number of methoxy groups -OCH3 is 1. The van der Waals surface area contributed by atoms with Gasteiger partial charge < -0.3 is 9.84 Å². The fourth-order valence-corrected chi connectivity index (χ4v) is 3.19. The maximum absolute atomic E-state index is 10.7. The van der Waals surface area contributed by atoms with Crippen molar-refractivity contribution >= 4 is 29.1 Å². The van der Waals surface area contributed by atoms with Gasteiger partial charge in [0.15, 0.2) is 0 Å². The van der Waals surface area contributed by atoms with Crippen LogP contribution < -0.4 is 4.74 Å². The van der Waals surface area contributed by atoms with Gasteiger partial charge in [0.1, 0.15) is 10.6 Å². The van der Waals surface area contributed by atoms with Gasteiger partial charge in [-0.1, -0.05) is 11.8 Å². The Labute approximate surface area is 107 Å². The van der Waals surface area contributed by atoms with Gasteiger partial charge in [0.2, 0.25) is 0 Å². The number of ether oxygens (including phenoxy) is 1. The molecule has 88 valence electrons. The van der Waals surface area contributed by atoms with E-state index in [9.17, 15) is 4.79 Å². The van der Waals surface area contributed by atoms with E-state index < -0.39 is 5.97 Å². The summed E-state index contributed by atoms with van der Waals surface area (Å²) in [5.74, 6) is -0.0664. The van der Waals surface area contributed by atoms with Crippen molar-refractivity contribution < 1.29 is 14.6 Å². The molecule has 1 N–H and O–H groups in total. The molecule has 2 aromatic rings. The third kappa shape index (κ3) is 3.01. The molecular formula is C12H10O3S2. The molecule has 17 heavy (non-hydrogen) atoms. The molecule has 0 saturated carbocycles. The van der Waals surface area contributed by atoms with Gasteiger partial charge in [0.05, 0.1) is 11.3 Å². The van der Waals surface area contributed by atoms with E-state index in [2.05, 4.69) is 0 Å². The summed E-state index contributed by atoms with van der Waals surface area (Å²) in [4.78, 5) is 12.2. The van der Waals surface area contributed by atoms with Gasteiger partial charge in [-0.05, 0) is 36.4 Å². The number of rotatable bonds is 4. The summed E-state index contributed by atoms with van der Waals surface area (Å²) in [6, 6.07) is 11.1. The highest BCUT2D eigenvalue weighted by molar-refractivity contribution is 8.01. The van der Waals surface area contributed by atoms with Crippen molar-refractivity contribution in [3.63, 3.8) is 0 Å². The van der Waals surface area contributed by atoms with Gasteiger partial charge in [-0.25, -0.2) is 4.79 Å². The zero-order valence-electron chi connectivity index (χ0n) is 9.04. The first-order valence-electron chi connectivity index (χ1n) is 4.84. The number of hydrogen-bond acceptors (Lipinski definition) is 4. The van der Waals surface area contributed by atoms with Crippen molar-refractivity contribution in [2.45, 2.75) is 9.10 Å². The molecule has 0 atom stereocenters. The molecule has 0 aliphatic heterocycles. The van der Waals surface area contributed by atoms with Crippen molar-refractivity contribution in [2.24, 2.45) is 0 Å². The zero-order chi connectivity index (χ0) is 12.3. The van der Waals surface area contributed by atoms with E-state index in [1.165, 1.54) is 11.3 Å². The first kappa shape index (κ1) is 12.0. The van der Waals surface area contributed by atoms with E-state index in [0.29, 0.717) is 4.88 Å². The van der Waals surface area contributed by atoms with Crippen LogP contribution >= 0.6 is 23.1 Å². The Morgan fingerprint density at radius 1 is 1.24 bits per heavy atom. The van der Waals surface area contributed by atoms with Crippen molar-refractivity contribution in [3.8, 4) is 5.75 Å². The van der Waals surface area contributed by atoms with Crippen molar-refractivity contribution in [3.05, 3.63) is 41.3 Å². The second-order valence-corrected chi connectivity index (χ2v) is 5.66. The molecule has 0 saturated heterocycles. The molecule has 2 rings (SSSR count). The smallest absolute Gasteiger partial charge is 0.345 e. The van der Waals surface area contributed by atoms with E-state index in [1.807, 2.05) is 30.3 Å². The number of thiophene rings is 1. The van der Waals surface area contributed by atoms with Crippen LogP contribution in [0.4, 0.5) is 0 Å². The number of hydrogen-bond donors (Lipinski definition) is 1. The molecule has 1 aromatic heterocycles. The summed E-state index contributed by atoms with van der Waals surface area (Å²) >= 11 is 2.82. The fraction of sp³-hybridized carbons (Fsp3) is 0.0833. The lowest BCUT2D eigenvalue weighted by atomic mass is 10.3. The van der Waals surface area contributed by atoms with E-state index in [-0.39, 0.29) is 0 Å².